The Labute approximate surface area is 122 Å². The van der Waals surface area contributed by atoms with Gasteiger partial charge >= 0.3 is 0 Å². The first-order chi connectivity index (χ1) is 9.99. The number of pyridine rings is 1. The summed E-state index contributed by atoms with van der Waals surface area (Å²) in [5.74, 6) is -0.162. The van der Waals surface area contributed by atoms with E-state index in [1.165, 1.54) is 11.4 Å². The van der Waals surface area contributed by atoms with Crippen LogP contribution in [-0.2, 0) is 14.8 Å². The van der Waals surface area contributed by atoms with Gasteiger partial charge < -0.3 is 10.6 Å². The van der Waals surface area contributed by atoms with Crippen LogP contribution >= 0.6 is 0 Å². The van der Waals surface area contributed by atoms with Gasteiger partial charge in [0, 0.05) is 19.8 Å². The van der Waals surface area contributed by atoms with Crippen molar-refractivity contribution in [1.82, 2.24) is 19.4 Å². The van der Waals surface area contributed by atoms with Crippen molar-refractivity contribution in [3.8, 4) is 0 Å². The van der Waals surface area contributed by atoms with E-state index < -0.39 is 15.9 Å². The predicted molar refractivity (Wildman–Crippen MR) is 78.6 cm³/mol. The van der Waals surface area contributed by atoms with Gasteiger partial charge in [-0.05, 0) is 19.1 Å². The Balaban J connectivity index is 2.47. The Morgan fingerprint density at radius 2 is 2.14 bits per heavy atom. The third-order valence-corrected chi connectivity index (χ3v) is 4.21. The first-order valence-corrected chi connectivity index (χ1v) is 7.89. The minimum absolute atomic E-state index is 0.0103. The molecule has 0 saturated carbocycles. The lowest BCUT2D eigenvalue weighted by Gasteiger charge is -2.08. The maximum Gasteiger partial charge on any atom is 0.260 e. The molecule has 0 unspecified atom stereocenters. The lowest BCUT2D eigenvalue weighted by molar-refractivity contribution is -0.119. The summed E-state index contributed by atoms with van der Waals surface area (Å²) in [7, 11) is -2.44. The molecule has 1 amide bonds. The molecule has 2 heterocycles. The van der Waals surface area contributed by atoms with Gasteiger partial charge in [-0.25, -0.2) is 18.1 Å². The van der Waals surface area contributed by atoms with Crippen LogP contribution in [0.2, 0.25) is 0 Å². The number of nitrogens with zero attached hydrogens (tertiary/aromatic N) is 2. The number of sulfonamides is 1. The molecule has 2 aromatic rings. The van der Waals surface area contributed by atoms with Crippen molar-refractivity contribution in [3.05, 3.63) is 24.4 Å². The fourth-order valence-electron chi connectivity index (χ4n) is 1.83. The molecule has 0 aromatic carbocycles. The van der Waals surface area contributed by atoms with E-state index in [2.05, 4.69) is 20.3 Å². The summed E-state index contributed by atoms with van der Waals surface area (Å²) in [5, 5.41) is 5.27. The van der Waals surface area contributed by atoms with Gasteiger partial charge in [0.05, 0.1) is 6.54 Å². The van der Waals surface area contributed by atoms with Gasteiger partial charge in [0.25, 0.3) is 10.0 Å². The van der Waals surface area contributed by atoms with Crippen LogP contribution in [0.3, 0.4) is 0 Å². The smallest absolute Gasteiger partial charge is 0.260 e. The van der Waals surface area contributed by atoms with Crippen molar-refractivity contribution in [2.75, 3.05) is 25.5 Å². The number of likely N-dealkylation sites (N-methyl/N-ethyl adjacent to an activating group) is 1. The minimum Gasteiger partial charge on any atom is -0.368 e. The molecule has 0 aliphatic heterocycles. The molecule has 0 radical (unpaired) electrons. The van der Waals surface area contributed by atoms with Crippen molar-refractivity contribution in [2.24, 2.45) is 0 Å². The zero-order chi connectivity index (χ0) is 15.5. The highest BCUT2D eigenvalue weighted by Crippen LogP contribution is 2.22. The van der Waals surface area contributed by atoms with Crippen LogP contribution in [0.1, 0.15) is 6.92 Å². The molecule has 2 aromatic heterocycles. The second-order valence-electron chi connectivity index (χ2n) is 4.22. The molecule has 0 atom stereocenters. The molecule has 8 nitrogen and oxygen atoms in total. The minimum atomic E-state index is -3.87. The summed E-state index contributed by atoms with van der Waals surface area (Å²) in [5.41, 5.74) is 0.508. The van der Waals surface area contributed by atoms with E-state index in [-0.39, 0.29) is 17.4 Å². The van der Waals surface area contributed by atoms with Crippen LogP contribution in [-0.4, -0.2) is 43.8 Å². The zero-order valence-corrected chi connectivity index (χ0v) is 12.6. The molecule has 0 fully saturated rings. The van der Waals surface area contributed by atoms with Crippen LogP contribution in [0.15, 0.2) is 29.4 Å². The molecular formula is C12H17N5O3S. The molecule has 3 N–H and O–H groups in total. The Kier molecular flexibility index (Phi) is 4.43. The van der Waals surface area contributed by atoms with Crippen LogP contribution in [0.4, 0.5) is 5.82 Å². The summed E-state index contributed by atoms with van der Waals surface area (Å²) in [6, 6.07) is 5.19. The molecule has 0 bridgehead atoms. The van der Waals surface area contributed by atoms with Crippen molar-refractivity contribution in [1.29, 1.82) is 0 Å². The van der Waals surface area contributed by atoms with Gasteiger partial charge in [-0.2, -0.15) is 0 Å². The molecule has 0 aliphatic rings. The number of imidazole rings is 1. The van der Waals surface area contributed by atoms with Gasteiger partial charge in [0.2, 0.25) is 5.91 Å². The van der Waals surface area contributed by atoms with E-state index in [9.17, 15) is 13.2 Å². The lowest BCUT2D eigenvalue weighted by atomic mass is 10.5. The number of hydrogen-bond acceptors (Lipinski definition) is 5. The normalized spacial score (nSPS) is 11.5. The van der Waals surface area contributed by atoms with Crippen LogP contribution in [0, 0.1) is 0 Å². The standard InChI is InChI=1S/C12H17N5O3S/c1-3-14-11-12(17-7-5-4-6-9(17)16-11)21(19,20)15-8-10(18)13-2/h4-7,14-15H,3,8H2,1-2H3,(H,13,18). The van der Waals surface area contributed by atoms with Crippen LogP contribution in [0.5, 0.6) is 0 Å². The summed E-state index contributed by atoms with van der Waals surface area (Å²) in [6.45, 7) is 2.05. The second kappa shape index (κ2) is 6.10. The molecule has 0 saturated heterocycles. The first-order valence-electron chi connectivity index (χ1n) is 6.40. The molecule has 0 spiro atoms. The maximum atomic E-state index is 12.4. The molecule has 114 valence electrons. The van der Waals surface area contributed by atoms with Crippen LogP contribution < -0.4 is 15.4 Å². The number of hydrogen-bond donors (Lipinski definition) is 3. The first kappa shape index (κ1) is 15.3. The van der Waals surface area contributed by atoms with E-state index in [4.69, 9.17) is 0 Å². The second-order valence-corrected chi connectivity index (χ2v) is 5.90. The number of carbonyl (C=O) groups is 1. The molecule has 2 rings (SSSR count). The van der Waals surface area contributed by atoms with Crippen LogP contribution in [0.25, 0.3) is 5.65 Å². The summed E-state index contributed by atoms with van der Waals surface area (Å²) in [4.78, 5) is 15.5. The topological polar surface area (TPSA) is 105 Å². The average molecular weight is 311 g/mol. The Hall–Kier alpha value is -2.13. The highest BCUT2D eigenvalue weighted by atomic mass is 32.2. The summed E-state index contributed by atoms with van der Waals surface area (Å²) < 4.78 is 28.6. The third-order valence-electron chi connectivity index (χ3n) is 2.79. The van der Waals surface area contributed by atoms with Gasteiger partial charge in [-0.15, -0.1) is 0 Å². The highest BCUT2D eigenvalue weighted by molar-refractivity contribution is 7.89. The van der Waals surface area contributed by atoms with Crippen molar-refractivity contribution < 1.29 is 13.2 Å². The van der Waals surface area contributed by atoms with Crippen molar-refractivity contribution in [3.63, 3.8) is 0 Å². The number of aromatic nitrogens is 2. The number of amides is 1. The Bertz CT molecular complexity index is 753. The van der Waals surface area contributed by atoms with E-state index in [0.29, 0.717) is 12.2 Å². The van der Waals surface area contributed by atoms with Gasteiger partial charge in [-0.1, -0.05) is 6.07 Å². The number of nitrogens with one attached hydrogen (secondary N) is 3. The van der Waals surface area contributed by atoms with E-state index >= 15 is 0 Å². The van der Waals surface area contributed by atoms with Crippen molar-refractivity contribution >= 4 is 27.4 Å². The van der Waals surface area contributed by atoms with E-state index in [1.807, 2.05) is 6.92 Å². The number of rotatable bonds is 6. The van der Waals surface area contributed by atoms with Gasteiger partial charge in [0.15, 0.2) is 10.8 Å². The average Bonchev–Trinajstić information content (AvgIpc) is 2.84. The van der Waals surface area contributed by atoms with E-state index in [0.717, 1.165) is 0 Å². The SMILES string of the molecule is CCNc1nc2ccccn2c1S(=O)(=O)NCC(=O)NC. The number of anilines is 1. The van der Waals surface area contributed by atoms with E-state index in [1.54, 1.807) is 24.4 Å². The number of carbonyl (C=O) groups excluding carboxylic acids is 1. The highest BCUT2D eigenvalue weighted by Gasteiger charge is 2.25. The molecule has 21 heavy (non-hydrogen) atoms. The summed E-state index contributed by atoms with van der Waals surface area (Å²) >= 11 is 0. The quantitative estimate of drug-likeness (QED) is 0.685. The Morgan fingerprint density at radius 1 is 1.38 bits per heavy atom. The van der Waals surface area contributed by atoms with Crippen molar-refractivity contribution in [2.45, 2.75) is 11.9 Å². The monoisotopic (exact) mass is 311 g/mol. The fraction of sp³-hybridized carbons (Fsp3) is 0.333. The third kappa shape index (κ3) is 3.14. The maximum absolute atomic E-state index is 12.4. The molecule has 9 heteroatoms. The van der Waals surface area contributed by atoms with Gasteiger partial charge in [0.1, 0.15) is 5.65 Å². The Morgan fingerprint density at radius 3 is 2.81 bits per heavy atom. The van der Waals surface area contributed by atoms with Gasteiger partial charge in [-0.3, -0.25) is 9.20 Å². The largest absolute Gasteiger partial charge is 0.368 e. The molecular weight excluding hydrogens is 294 g/mol. The summed E-state index contributed by atoms with van der Waals surface area (Å²) in [6.07, 6.45) is 1.61. The lowest BCUT2D eigenvalue weighted by Crippen LogP contribution is -2.35. The zero-order valence-electron chi connectivity index (χ0n) is 11.8. The fourth-order valence-corrected chi connectivity index (χ4v) is 3.07. The predicted octanol–water partition coefficient (Wildman–Crippen LogP) is -0.210. The molecule has 0 aliphatic carbocycles. The number of fused-ring (bicyclic) bond motifs is 1.